The lowest BCUT2D eigenvalue weighted by atomic mass is 10.2. The van der Waals surface area contributed by atoms with Crippen molar-refractivity contribution in [3.05, 3.63) is 52.9 Å². The van der Waals surface area contributed by atoms with E-state index >= 15 is 0 Å². The maximum atomic E-state index is 12.3. The normalized spacial score (nSPS) is 11.1. The number of aromatic nitrogens is 2. The average Bonchev–Trinajstić information content (AvgIpc) is 3.29. The first-order chi connectivity index (χ1) is 11.6. The third kappa shape index (κ3) is 2.57. The minimum absolute atomic E-state index is 0.149. The van der Waals surface area contributed by atoms with Gasteiger partial charge in [0.25, 0.3) is 5.91 Å². The molecule has 0 spiro atoms. The summed E-state index contributed by atoms with van der Waals surface area (Å²) in [5.41, 5.74) is 1.81. The summed E-state index contributed by atoms with van der Waals surface area (Å²) in [6.07, 6.45) is 1.52. The highest BCUT2D eigenvalue weighted by atomic mass is 35.5. The number of nitrogens with one attached hydrogen (secondary N) is 1. The molecule has 6 nitrogen and oxygen atoms in total. The lowest BCUT2D eigenvalue weighted by Crippen LogP contribution is -2.11. The summed E-state index contributed by atoms with van der Waals surface area (Å²) in [5, 5.41) is 7.61. The van der Waals surface area contributed by atoms with Gasteiger partial charge in [0, 0.05) is 11.1 Å². The zero-order valence-electron chi connectivity index (χ0n) is 12.4. The number of anilines is 1. The molecule has 0 bridgehead atoms. The molecule has 0 aliphatic carbocycles. The zero-order chi connectivity index (χ0) is 16.7. The maximum Gasteiger partial charge on any atom is 0.279 e. The molecule has 1 aromatic carbocycles. The molecule has 3 aromatic heterocycles. The van der Waals surface area contributed by atoms with Crippen LogP contribution < -0.4 is 5.32 Å². The molecule has 0 aliphatic heterocycles. The number of benzene rings is 1. The van der Waals surface area contributed by atoms with Crippen molar-refractivity contribution in [1.29, 1.82) is 0 Å². The molecule has 4 rings (SSSR count). The molecule has 0 saturated heterocycles. The van der Waals surface area contributed by atoms with Crippen molar-refractivity contribution in [1.82, 2.24) is 10.1 Å². The number of hydrogen-bond acceptors (Lipinski definition) is 6. The van der Waals surface area contributed by atoms with E-state index in [1.807, 2.05) is 19.1 Å². The fourth-order valence-corrected chi connectivity index (χ4v) is 3.31. The van der Waals surface area contributed by atoms with E-state index in [9.17, 15) is 4.79 Å². The van der Waals surface area contributed by atoms with Crippen LogP contribution in [0.3, 0.4) is 0 Å². The minimum Gasteiger partial charge on any atom is -0.461 e. The lowest BCUT2D eigenvalue weighted by Gasteiger charge is -1.96. The summed E-state index contributed by atoms with van der Waals surface area (Å²) < 4.78 is 11.3. The second-order valence-corrected chi connectivity index (χ2v) is 6.48. The minimum atomic E-state index is -0.403. The molecular formula is C16H10ClN3O3S. The second kappa shape index (κ2) is 5.77. The number of thiazole rings is 1. The average molecular weight is 360 g/mol. The van der Waals surface area contributed by atoms with Gasteiger partial charge in [0.1, 0.15) is 0 Å². The quantitative estimate of drug-likeness (QED) is 0.570. The largest absolute Gasteiger partial charge is 0.461 e. The van der Waals surface area contributed by atoms with Crippen LogP contribution in [0.4, 0.5) is 5.13 Å². The van der Waals surface area contributed by atoms with Gasteiger partial charge in [-0.3, -0.25) is 10.1 Å². The first kappa shape index (κ1) is 14.9. The van der Waals surface area contributed by atoms with Gasteiger partial charge in [-0.25, -0.2) is 4.98 Å². The topological polar surface area (TPSA) is 81.2 Å². The van der Waals surface area contributed by atoms with Crippen molar-refractivity contribution < 1.29 is 13.7 Å². The highest BCUT2D eigenvalue weighted by Gasteiger charge is 2.17. The molecule has 0 fully saturated rings. The van der Waals surface area contributed by atoms with E-state index in [0.717, 1.165) is 15.8 Å². The highest BCUT2D eigenvalue weighted by molar-refractivity contribution is 7.22. The Hall–Kier alpha value is -2.64. The molecule has 1 N–H and O–H groups in total. The fourth-order valence-electron chi connectivity index (χ4n) is 2.23. The SMILES string of the molecule is Cc1c(Cl)ccc2sc(NC(=O)c3cc(-c4ccco4)on3)nc12. The first-order valence-corrected chi connectivity index (χ1v) is 8.19. The van der Waals surface area contributed by atoms with E-state index in [-0.39, 0.29) is 5.69 Å². The monoisotopic (exact) mass is 359 g/mol. The molecule has 24 heavy (non-hydrogen) atoms. The summed E-state index contributed by atoms with van der Waals surface area (Å²) in [6, 6.07) is 8.66. The Labute approximate surface area is 145 Å². The van der Waals surface area contributed by atoms with Crippen LogP contribution in [0.25, 0.3) is 21.7 Å². The van der Waals surface area contributed by atoms with Gasteiger partial charge in [-0.1, -0.05) is 28.1 Å². The molecule has 4 aromatic rings. The predicted molar refractivity (Wildman–Crippen MR) is 91.5 cm³/mol. The summed E-state index contributed by atoms with van der Waals surface area (Å²) in [4.78, 5) is 16.7. The summed E-state index contributed by atoms with van der Waals surface area (Å²) in [6.45, 7) is 1.89. The first-order valence-electron chi connectivity index (χ1n) is 6.99. The molecular weight excluding hydrogens is 350 g/mol. The van der Waals surface area contributed by atoms with E-state index in [2.05, 4.69) is 15.5 Å². The molecule has 0 atom stereocenters. The molecule has 0 saturated carbocycles. The molecule has 0 unspecified atom stereocenters. The number of fused-ring (bicyclic) bond motifs is 1. The number of nitrogens with zero attached hydrogens (tertiary/aromatic N) is 2. The van der Waals surface area contributed by atoms with Crippen LogP contribution in [0.1, 0.15) is 16.1 Å². The van der Waals surface area contributed by atoms with Crippen LogP contribution in [-0.2, 0) is 0 Å². The van der Waals surface area contributed by atoms with Crippen LogP contribution in [0.5, 0.6) is 0 Å². The number of furan rings is 1. The van der Waals surface area contributed by atoms with E-state index in [1.165, 1.54) is 23.7 Å². The Morgan fingerprint density at radius 1 is 1.29 bits per heavy atom. The van der Waals surface area contributed by atoms with Crippen LogP contribution in [0.2, 0.25) is 5.02 Å². The number of aryl methyl sites for hydroxylation is 1. The zero-order valence-corrected chi connectivity index (χ0v) is 13.9. The lowest BCUT2D eigenvalue weighted by molar-refractivity contribution is 0.101. The molecule has 1 amide bonds. The Morgan fingerprint density at radius 2 is 2.17 bits per heavy atom. The van der Waals surface area contributed by atoms with Gasteiger partial charge in [0.15, 0.2) is 16.6 Å². The summed E-state index contributed by atoms with van der Waals surface area (Å²) in [5.74, 6) is 0.489. The maximum absolute atomic E-state index is 12.3. The van der Waals surface area contributed by atoms with Crippen molar-refractivity contribution >= 4 is 44.2 Å². The van der Waals surface area contributed by atoms with Gasteiger partial charge >= 0.3 is 0 Å². The van der Waals surface area contributed by atoms with Gasteiger partial charge in [-0.05, 0) is 36.8 Å². The molecule has 120 valence electrons. The molecule has 0 radical (unpaired) electrons. The standard InChI is InChI=1S/C16H10ClN3O3S/c1-8-9(17)4-5-13-14(8)18-16(24-13)19-15(21)10-7-12(23-20-10)11-3-2-6-22-11/h2-7H,1H3,(H,18,19,21). The van der Waals surface area contributed by atoms with Crippen LogP contribution >= 0.6 is 22.9 Å². The second-order valence-electron chi connectivity index (χ2n) is 5.05. The third-order valence-electron chi connectivity index (χ3n) is 3.48. The molecule has 3 heterocycles. The van der Waals surface area contributed by atoms with Gasteiger partial charge in [-0.2, -0.15) is 0 Å². The van der Waals surface area contributed by atoms with E-state index in [1.54, 1.807) is 12.1 Å². The van der Waals surface area contributed by atoms with Crippen LogP contribution in [0.15, 0.2) is 45.5 Å². The number of rotatable bonds is 3. The number of carbonyl (C=O) groups is 1. The Kier molecular flexibility index (Phi) is 3.59. The number of amides is 1. The van der Waals surface area contributed by atoms with Gasteiger partial charge < -0.3 is 8.94 Å². The van der Waals surface area contributed by atoms with E-state index in [4.69, 9.17) is 20.5 Å². The van der Waals surface area contributed by atoms with Crippen molar-refractivity contribution in [3.63, 3.8) is 0 Å². The van der Waals surface area contributed by atoms with Gasteiger partial charge in [-0.15, -0.1) is 0 Å². The van der Waals surface area contributed by atoms with Crippen LogP contribution in [0, 0.1) is 6.92 Å². The highest BCUT2D eigenvalue weighted by Crippen LogP contribution is 2.32. The van der Waals surface area contributed by atoms with Gasteiger partial charge in [0.05, 0.1) is 16.5 Å². The molecule has 0 aliphatic rings. The van der Waals surface area contributed by atoms with Crippen molar-refractivity contribution in [2.75, 3.05) is 5.32 Å². The summed E-state index contributed by atoms with van der Waals surface area (Å²) >= 11 is 7.47. The van der Waals surface area contributed by atoms with Crippen molar-refractivity contribution in [2.24, 2.45) is 0 Å². The smallest absolute Gasteiger partial charge is 0.279 e. The predicted octanol–water partition coefficient (Wildman–Crippen LogP) is 4.76. The molecule has 8 heteroatoms. The number of carbonyl (C=O) groups excluding carboxylic acids is 1. The fraction of sp³-hybridized carbons (Fsp3) is 0.0625. The Balaban J connectivity index is 1.59. The van der Waals surface area contributed by atoms with E-state index < -0.39 is 5.91 Å². The van der Waals surface area contributed by atoms with Crippen molar-refractivity contribution in [3.8, 4) is 11.5 Å². The van der Waals surface area contributed by atoms with Crippen LogP contribution in [-0.4, -0.2) is 16.0 Å². The summed E-state index contributed by atoms with van der Waals surface area (Å²) in [7, 11) is 0. The third-order valence-corrected chi connectivity index (χ3v) is 4.82. The Bertz CT molecular complexity index is 1040. The number of hydrogen-bond donors (Lipinski definition) is 1. The van der Waals surface area contributed by atoms with Gasteiger partial charge in [0.2, 0.25) is 5.76 Å². The Morgan fingerprint density at radius 3 is 2.96 bits per heavy atom. The number of halogens is 1. The van der Waals surface area contributed by atoms with Crippen molar-refractivity contribution in [2.45, 2.75) is 6.92 Å². The van der Waals surface area contributed by atoms with E-state index in [0.29, 0.717) is 21.7 Å².